The number of nitrogens with zero attached hydrogens (tertiary/aromatic N) is 3. The number of benzene rings is 2. The van der Waals surface area contributed by atoms with E-state index < -0.39 is 11.3 Å². The van der Waals surface area contributed by atoms with Crippen molar-refractivity contribution in [3.05, 3.63) is 60.8 Å². The highest BCUT2D eigenvalue weighted by Crippen LogP contribution is 2.26. The van der Waals surface area contributed by atoms with E-state index in [1.807, 2.05) is 36.2 Å². The second-order valence-corrected chi connectivity index (χ2v) is 6.11. The predicted octanol–water partition coefficient (Wildman–Crippen LogP) is 3.12. The normalized spacial score (nSPS) is 11.6. The van der Waals surface area contributed by atoms with Crippen molar-refractivity contribution in [1.29, 1.82) is 0 Å². The van der Waals surface area contributed by atoms with Gasteiger partial charge in [-0.15, -0.1) is 0 Å². The summed E-state index contributed by atoms with van der Waals surface area (Å²) in [6.45, 7) is 0. The van der Waals surface area contributed by atoms with E-state index in [1.165, 1.54) is 0 Å². The average molecular weight is 370 g/mol. The van der Waals surface area contributed by atoms with E-state index in [4.69, 9.17) is 10.3 Å². The highest BCUT2D eigenvalue weighted by molar-refractivity contribution is 7.80. The Hall–Kier alpha value is -3.17. The lowest BCUT2D eigenvalue weighted by Gasteiger charge is -2.19. The smallest absolute Gasteiger partial charge is 0.259 e. The first-order chi connectivity index (χ1) is 12.5. The molecule has 0 fully saturated rings. The van der Waals surface area contributed by atoms with Gasteiger partial charge in [-0.25, -0.2) is 9.19 Å². The monoisotopic (exact) mass is 370 g/mol. The third-order valence-corrected chi connectivity index (χ3v) is 4.03. The van der Waals surface area contributed by atoms with Gasteiger partial charge in [0.05, 0.1) is 11.4 Å². The Kier molecular flexibility index (Phi) is 5.30. The zero-order valence-electron chi connectivity index (χ0n) is 14.0. The van der Waals surface area contributed by atoms with Crippen LogP contribution in [0.2, 0.25) is 0 Å². The maximum atomic E-state index is 11.0. The van der Waals surface area contributed by atoms with Crippen LogP contribution < -0.4 is 20.7 Å². The van der Waals surface area contributed by atoms with Crippen LogP contribution in [0.15, 0.2) is 60.8 Å². The maximum absolute atomic E-state index is 11.0. The van der Waals surface area contributed by atoms with Gasteiger partial charge < -0.3 is 16.0 Å². The summed E-state index contributed by atoms with van der Waals surface area (Å²) >= 11 is -2.17. The van der Waals surface area contributed by atoms with Crippen molar-refractivity contribution >= 4 is 45.8 Å². The summed E-state index contributed by atoms with van der Waals surface area (Å²) in [7, 11) is 1.89. The van der Waals surface area contributed by atoms with Crippen LogP contribution in [0.25, 0.3) is 0 Å². The molecule has 134 valence electrons. The number of anilines is 6. The van der Waals surface area contributed by atoms with Crippen LogP contribution in [0.1, 0.15) is 0 Å². The Labute approximate surface area is 153 Å². The molecule has 0 spiro atoms. The number of nitrogens with two attached hydrogens (primary N) is 1. The van der Waals surface area contributed by atoms with E-state index in [9.17, 15) is 4.21 Å². The van der Waals surface area contributed by atoms with Crippen LogP contribution in [0, 0.1) is 0 Å². The van der Waals surface area contributed by atoms with Crippen molar-refractivity contribution in [3.63, 3.8) is 0 Å². The molecule has 0 saturated carbocycles. The molecule has 26 heavy (non-hydrogen) atoms. The number of aromatic nitrogens is 2. The maximum Gasteiger partial charge on any atom is 0.259 e. The van der Waals surface area contributed by atoms with E-state index >= 15 is 0 Å². The van der Waals surface area contributed by atoms with Crippen LogP contribution in [-0.4, -0.2) is 25.8 Å². The fraction of sp³-hybridized carbons (Fsp3) is 0.0588. The van der Waals surface area contributed by atoms with Crippen LogP contribution >= 0.6 is 0 Å². The van der Waals surface area contributed by atoms with Crippen LogP contribution in [0.5, 0.6) is 0 Å². The van der Waals surface area contributed by atoms with Gasteiger partial charge in [0, 0.05) is 24.6 Å². The number of nitrogens with one attached hydrogen (secondary N) is 2. The van der Waals surface area contributed by atoms with Gasteiger partial charge in [-0.2, -0.15) is 4.98 Å². The fourth-order valence-electron chi connectivity index (χ4n) is 2.32. The minimum Gasteiger partial charge on any atom is -0.399 e. The van der Waals surface area contributed by atoms with E-state index in [0.717, 1.165) is 5.69 Å². The number of rotatable bonds is 6. The van der Waals surface area contributed by atoms with Crippen molar-refractivity contribution in [2.45, 2.75) is 0 Å². The second-order valence-electron chi connectivity index (χ2n) is 5.41. The first kappa shape index (κ1) is 17.6. The summed E-state index contributed by atoms with van der Waals surface area (Å²) in [5.74, 6) is 1.05. The Morgan fingerprint density at radius 3 is 2.46 bits per heavy atom. The topological polar surface area (TPSA) is 116 Å². The molecule has 0 bridgehead atoms. The lowest BCUT2D eigenvalue weighted by molar-refractivity contribution is 0.570. The molecular weight excluding hydrogens is 352 g/mol. The first-order valence-corrected chi connectivity index (χ1v) is 8.79. The van der Waals surface area contributed by atoms with Crippen molar-refractivity contribution in [1.82, 2.24) is 9.97 Å². The van der Waals surface area contributed by atoms with Crippen LogP contribution in [0.3, 0.4) is 0 Å². The summed E-state index contributed by atoms with van der Waals surface area (Å²) < 4.78 is 22.5. The van der Waals surface area contributed by atoms with E-state index in [1.54, 1.807) is 36.5 Å². The van der Waals surface area contributed by atoms with Crippen molar-refractivity contribution in [3.8, 4) is 0 Å². The highest BCUT2D eigenvalue weighted by atomic mass is 32.2. The molecular formula is C17H18N6O2S. The molecule has 0 radical (unpaired) electrons. The molecule has 2 aromatic carbocycles. The third kappa shape index (κ3) is 4.26. The van der Waals surface area contributed by atoms with E-state index in [-0.39, 0.29) is 0 Å². The van der Waals surface area contributed by atoms with Gasteiger partial charge in [0.1, 0.15) is 5.82 Å². The van der Waals surface area contributed by atoms with Crippen molar-refractivity contribution < 1.29 is 8.76 Å². The van der Waals surface area contributed by atoms with Crippen molar-refractivity contribution in [2.24, 2.45) is 0 Å². The van der Waals surface area contributed by atoms with Crippen molar-refractivity contribution in [2.75, 3.05) is 27.7 Å². The standard InChI is InChI=1S/C17H18N6O2S/c1-23(13-8-6-12(18)7-9-13)16-10-11-19-17(21-16)20-14-4-2-3-5-15(14)22-26(24)25/h2-11,22H,18H2,1H3,(H,24,25)(H,19,20,21). The third-order valence-electron chi connectivity index (χ3n) is 3.64. The van der Waals surface area contributed by atoms with Gasteiger partial charge in [0.25, 0.3) is 11.3 Å². The Morgan fingerprint density at radius 2 is 1.77 bits per heavy atom. The molecule has 3 aromatic rings. The molecule has 9 heteroatoms. The number of para-hydroxylation sites is 2. The van der Waals surface area contributed by atoms with Gasteiger partial charge in [0.2, 0.25) is 5.95 Å². The Morgan fingerprint density at radius 1 is 1.08 bits per heavy atom. The Balaban J connectivity index is 1.84. The average Bonchev–Trinajstić information content (AvgIpc) is 2.63. The lowest BCUT2D eigenvalue weighted by atomic mass is 10.2. The highest BCUT2D eigenvalue weighted by Gasteiger charge is 2.09. The molecule has 1 atom stereocenters. The van der Waals surface area contributed by atoms with Gasteiger partial charge in [-0.3, -0.25) is 9.27 Å². The lowest BCUT2D eigenvalue weighted by Crippen LogP contribution is -2.12. The van der Waals surface area contributed by atoms with Gasteiger partial charge in [-0.05, 0) is 42.5 Å². The second kappa shape index (κ2) is 7.81. The molecule has 0 aliphatic rings. The summed E-state index contributed by atoms with van der Waals surface area (Å²) in [6.07, 6.45) is 1.64. The van der Waals surface area contributed by atoms with Gasteiger partial charge in [-0.1, -0.05) is 12.1 Å². The Bertz CT molecular complexity index is 919. The number of hydrogen-bond donors (Lipinski definition) is 4. The fourth-order valence-corrected chi connectivity index (χ4v) is 2.69. The molecule has 0 saturated heterocycles. The molecule has 5 N–H and O–H groups in total. The first-order valence-electron chi connectivity index (χ1n) is 7.69. The van der Waals surface area contributed by atoms with Crippen LogP contribution in [0.4, 0.5) is 34.5 Å². The zero-order chi connectivity index (χ0) is 18.5. The minimum atomic E-state index is -2.17. The molecule has 8 nitrogen and oxygen atoms in total. The quantitative estimate of drug-likeness (QED) is 0.389. The van der Waals surface area contributed by atoms with Gasteiger partial charge in [0.15, 0.2) is 0 Å². The van der Waals surface area contributed by atoms with Crippen LogP contribution in [-0.2, 0) is 11.3 Å². The summed E-state index contributed by atoms with van der Waals surface area (Å²) in [6, 6.07) is 16.2. The summed E-state index contributed by atoms with van der Waals surface area (Å²) in [5.41, 5.74) is 8.40. The molecule has 0 aliphatic heterocycles. The van der Waals surface area contributed by atoms with E-state index in [0.29, 0.717) is 28.8 Å². The molecule has 1 aromatic heterocycles. The number of nitrogen functional groups attached to an aromatic ring is 1. The molecule has 0 aliphatic carbocycles. The summed E-state index contributed by atoms with van der Waals surface area (Å²) in [4.78, 5) is 10.6. The minimum absolute atomic E-state index is 0.364. The molecule has 3 rings (SSSR count). The molecule has 0 amide bonds. The SMILES string of the molecule is CN(c1ccc(N)cc1)c1ccnc(Nc2ccccc2NS(=O)O)n1. The molecule has 1 unspecified atom stereocenters. The van der Waals surface area contributed by atoms with E-state index in [2.05, 4.69) is 20.0 Å². The van der Waals surface area contributed by atoms with Gasteiger partial charge >= 0.3 is 0 Å². The predicted molar refractivity (Wildman–Crippen MR) is 105 cm³/mol. The zero-order valence-corrected chi connectivity index (χ0v) is 14.8. The largest absolute Gasteiger partial charge is 0.399 e. The number of hydrogen-bond acceptors (Lipinski definition) is 6. The molecule has 1 heterocycles. The summed E-state index contributed by atoms with van der Waals surface area (Å²) in [5, 5.41) is 3.06.